The average molecular weight is 484 g/mol. The highest BCUT2D eigenvalue weighted by Gasteiger charge is 2.22. The molecule has 10 heteroatoms. The Balaban J connectivity index is 0.000000214. The van der Waals surface area contributed by atoms with Crippen LogP contribution >= 0.6 is 22.9 Å². The number of nitrogen functional groups attached to an aromatic ring is 1. The van der Waals surface area contributed by atoms with Gasteiger partial charge in [-0.2, -0.15) is 0 Å². The minimum Gasteiger partial charge on any atom is -0.382 e. The predicted molar refractivity (Wildman–Crippen MR) is 134 cm³/mol. The van der Waals surface area contributed by atoms with Crippen LogP contribution in [0, 0.1) is 0 Å². The number of aromatic nitrogens is 4. The second kappa shape index (κ2) is 10.4. The fraction of sp³-hybridized carbons (Fsp3) is 0.348. The number of hydrogen-bond acceptors (Lipinski definition) is 8. The SMILES string of the molecule is CCc1cc2cccc(Cl)c2c(C(=O)NC2CCN(C)CC2)n1.Nc1ncnc2scnc12. The molecular formula is C23H26ClN7OS. The van der Waals surface area contributed by atoms with E-state index in [-0.39, 0.29) is 11.9 Å². The summed E-state index contributed by atoms with van der Waals surface area (Å²) in [5.74, 6) is 0.333. The Morgan fingerprint density at radius 1 is 1.27 bits per heavy atom. The van der Waals surface area contributed by atoms with E-state index in [1.807, 2.05) is 31.2 Å². The third kappa shape index (κ3) is 5.38. The number of carbonyl (C=O) groups excluding carboxylic acids is 1. The van der Waals surface area contributed by atoms with Crippen molar-refractivity contribution >= 4 is 55.8 Å². The Hall–Kier alpha value is -2.88. The third-order valence-corrected chi connectivity index (χ3v) is 6.70. The van der Waals surface area contributed by atoms with Crippen molar-refractivity contribution in [3.63, 3.8) is 0 Å². The van der Waals surface area contributed by atoms with Crippen LogP contribution in [0.3, 0.4) is 0 Å². The summed E-state index contributed by atoms with van der Waals surface area (Å²) in [6.07, 6.45) is 4.18. The van der Waals surface area contributed by atoms with Gasteiger partial charge in [-0.3, -0.25) is 4.79 Å². The van der Waals surface area contributed by atoms with Crippen molar-refractivity contribution in [2.75, 3.05) is 25.9 Å². The van der Waals surface area contributed by atoms with Crippen LogP contribution in [0.2, 0.25) is 5.02 Å². The van der Waals surface area contributed by atoms with E-state index in [0.29, 0.717) is 22.1 Å². The minimum absolute atomic E-state index is 0.118. The number of nitrogens with two attached hydrogens (primary N) is 1. The maximum absolute atomic E-state index is 12.8. The summed E-state index contributed by atoms with van der Waals surface area (Å²) < 4.78 is 0. The lowest BCUT2D eigenvalue weighted by Crippen LogP contribution is -2.43. The van der Waals surface area contributed by atoms with Gasteiger partial charge in [0, 0.05) is 17.1 Å². The molecule has 172 valence electrons. The number of nitrogens with one attached hydrogen (secondary N) is 1. The van der Waals surface area contributed by atoms with Gasteiger partial charge < -0.3 is 16.0 Å². The van der Waals surface area contributed by atoms with E-state index in [0.717, 1.165) is 53.6 Å². The van der Waals surface area contributed by atoms with E-state index >= 15 is 0 Å². The van der Waals surface area contributed by atoms with E-state index in [1.165, 1.54) is 17.7 Å². The first-order valence-corrected chi connectivity index (χ1v) is 12.1. The maximum atomic E-state index is 12.8. The number of thiazole rings is 1. The van der Waals surface area contributed by atoms with Crippen molar-refractivity contribution in [3.8, 4) is 0 Å². The van der Waals surface area contributed by atoms with Crippen LogP contribution in [0.1, 0.15) is 35.9 Å². The summed E-state index contributed by atoms with van der Waals surface area (Å²) >= 11 is 7.80. The highest BCUT2D eigenvalue weighted by atomic mass is 35.5. The Labute approximate surface area is 201 Å². The van der Waals surface area contributed by atoms with Crippen LogP contribution in [-0.2, 0) is 6.42 Å². The molecule has 0 aliphatic carbocycles. The number of fused-ring (bicyclic) bond motifs is 2. The van der Waals surface area contributed by atoms with Gasteiger partial charge >= 0.3 is 0 Å². The van der Waals surface area contributed by atoms with E-state index in [2.05, 4.69) is 37.2 Å². The van der Waals surface area contributed by atoms with Gasteiger partial charge in [-0.25, -0.2) is 19.9 Å². The molecular weight excluding hydrogens is 458 g/mol. The number of benzene rings is 1. The number of hydrogen-bond donors (Lipinski definition) is 2. The predicted octanol–water partition coefficient (Wildman–Crippen LogP) is 3.94. The number of aryl methyl sites for hydroxylation is 1. The zero-order valence-electron chi connectivity index (χ0n) is 18.6. The molecule has 33 heavy (non-hydrogen) atoms. The molecule has 0 unspecified atom stereocenters. The summed E-state index contributed by atoms with van der Waals surface area (Å²) in [7, 11) is 2.11. The molecule has 1 fully saturated rings. The summed E-state index contributed by atoms with van der Waals surface area (Å²) in [5.41, 5.74) is 9.26. The number of anilines is 1. The first kappa shape index (κ1) is 23.3. The fourth-order valence-electron chi connectivity index (χ4n) is 3.79. The quantitative estimate of drug-likeness (QED) is 0.454. The second-order valence-electron chi connectivity index (χ2n) is 7.97. The molecule has 1 aliphatic heterocycles. The molecule has 1 aromatic carbocycles. The number of nitrogens with zero attached hydrogens (tertiary/aromatic N) is 5. The minimum atomic E-state index is -0.118. The highest BCUT2D eigenvalue weighted by molar-refractivity contribution is 7.16. The van der Waals surface area contributed by atoms with Crippen LogP contribution in [0.4, 0.5) is 5.82 Å². The van der Waals surface area contributed by atoms with Crippen LogP contribution in [0.5, 0.6) is 0 Å². The molecule has 0 atom stereocenters. The van der Waals surface area contributed by atoms with E-state index < -0.39 is 0 Å². The first-order valence-electron chi connectivity index (χ1n) is 10.8. The molecule has 1 amide bonds. The summed E-state index contributed by atoms with van der Waals surface area (Å²) in [4.78, 5) is 32.2. The Morgan fingerprint density at radius 2 is 2.06 bits per heavy atom. The molecule has 1 saturated heterocycles. The molecule has 8 nitrogen and oxygen atoms in total. The number of carbonyl (C=O) groups is 1. The largest absolute Gasteiger partial charge is 0.382 e. The van der Waals surface area contributed by atoms with E-state index in [1.54, 1.807) is 5.51 Å². The average Bonchev–Trinajstić information content (AvgIpc) is 3.31. The number of pyridine rings is 1. The Morgan fingerprint density at radius 3 is 2.79 bits per heavy atom. The van der Waals surface area contributed by atoms with Crippen LogP contribution in [-0.4, -0.2) is 56.9 Å². The molecule has 3 N–H and O–H groups in total. The molecule has 1 aliphatic rings. The Bertz CT molecular complexity index is 1270. The van der Waals surface area contributed by atoms with Gasteiger partial charge in [0.25, 0.3) is 5.91 Å². The fourth-order valence-corrected chi connectivity index (χ4v) is 4.69. The van der Waals surface area contributed by atoms with Crippen LogP contribution < -0.4 is 11.1 Å². The monoisotopic (exact) mass is 483 g/mol. The molecule has 0 radical (unpaired) electrons. The third-order valence-electron chi connectivity index (χ3n) is 5.65. The smallest absolute Gasteiger partial charge is 0.270 e. The molecule has 0 bridgehead atoms. The van der Waals surface area contributed by atoms with Gasteiger partial charge in [0.2, 0.25) is 0 Å². The summed E-state index contributed by atoms with van der Waals surface area (Å²) in [5, 5.41) is 5.43. The topological polar surface area (TPSA) is 110 Å². The van der Waals surface area contributed by atoms with Crippen LogP contribution in [0.25, 0.3) is 21.1 Å². The zero-order valence-corrected chi connectivity index (χ0v) is 20.2. The van der Waals surface area contributed by atoms with Gasteiger partial charge in [-0.1, -0.05) is 30.7 Å². The van der Waals surface area contributed by atoms with Crippen molar-refractivity contribution in [2.45, 2.75) is 32.2 Å². The summed E-state index contributed by atoms with van der Waals surface area (Å²) in [6, 6.07) is 7.91. The number of rotatable bonds is 3. The van der Waals surface area contributed by atoms with Gasteiger partial charge in [-0.05, 0) is 56.9 Å². The van der Waals surface area contributed by atoms with Crippen LogP contribution in [0.15, 0.2) is 36.1 Å². The van der Waals surface area contributed by atoms with Crippen molar-refractivity contribution in [3.05, 3.63) is 52.5 Å². The second-order valence-corrected chi connectivity index (χ2v) is 9.21. The highest BCUT2D eigenvalue weighted by Crippen LogP contribution is 2.27. The van der Waals surface area contributed by atoms with Crippen molar-refractivity contribution < 1.29 is 4.79 Å². The van der Waals surface area contributed by atoms with Gasteiger partial charge in [0.1, 0.15) is 22.4 Å². The molecule has 4 heterocycles. The van der Waals surface area contributed by atoms with E-state index in [4.69, 9.17) is 17.3 Å². The Kier molecular flexibility index (Phi) is 7.32. The lowest BCUT2D eigenvalue weighted by molar-refractivity contribution is 0.0913. The van der Waals surface area contributed by atoms with Gasteiger partial charge in [0.15, 0.2) is 5.82 Å². The normalized spacial score (nSPS) is 14.8. The molecule has 0 saturated carbocycles. The summed E-state index contributed by atoms with van der Waals surface area (Å²) in [6.45, 7) is 4.06. The maximum Gasteiger partial charge on any atom is 0.270 e. The lowest BCUT2D eigenvalue weighted by Gasteiger charge is -2.29. The lowest BCUT2D eigenvalue weighted by atomic mass is 10.0. The molecule has 5 rings (SSSR count). The number of halogens is 1. The van der Waals surface area contributed by atoms with Gasteiger partial charge in [-0.15, -0.1) is 11.3 Å². The number of likely N-dealkylation sites (tertiary alicyclic amines) is 1. The molecule has 0 spiro atoms. The standard InChI is InChI=1S/C18H22ClN3O.C5H4N4S/c1-3-13-11-12-5-4-6-15(19)16(12)17(20-13)18(23)21-14-7-9-22(2)10-8-14;6-4-3-5(8-1-7-4)10-2-9-3/h4-6,11,14H,3,7-10H2,1-2H3,(H,21,23);1-2H,(H2,6,7,8). The zero-order chi connectivity index (χ0) is 23.4. The van der Waals surface area contributed by atoms with E-state index in [9.17, 15) is 4.79 Å². The van der Waals surface area contributed by atoms with Crippen molar-refractivity contribution in [2.24, 2.45) is 0 Å². The number of amides is 1. The number of piperidine rings is 1. The molecule has 3 aromatic heterocycles. The van der Waals surface area contributed by atoms with Gasteiger partial charge in [0.05, 0.1) is 10.5 Å². The van der Waals surface area contributed by atoms with Crippen molar-refractivity contribution in [1.29, 1.82) is 0 Å². The van der Waals surface area contributed by atoms with Crippen molar-refractivity contribution in [1.82, 2.24) is 30.2 Å². The first-order chi connectivity index (χ1) is 16.0. The molecule has 4 aromatic rings.